The van der Waals surface area contributed by atoms with E-state index in [0.717, 1.165) is 41.9 Å². The quantitative estimate of drug-likeness (QED) is 0.765. The van der Waals surface area contributed by atoms with Gasteiger partial charge in [0.05, 0.1) is 0 Å². The summed E-state index contributed by atoms with van der Waals surface area (Å²) >= 11 is 0. The highest BCUT2D eigenvalue weighted by molar-refractivity contribution is 5.90. The summed E-state index contributed by atoms with van der Waals surface area (Å²) in [4.78, 5) is 18.3. The molecule has 0 bridgehead atoms. The first-order chi connectivity index (χ1) is 11.4. The summed E-state index contributed by atoms with van der Waals surface area (Å²) in [5.41, 5.74) is 9.80. The fourth-order valence-corrected chi connectivity index (χ4v) is 2.55. The Hall–Kier alpha value is -2.56. The largest absolute Gasteiger partial charge is 0.384 e. The van der Waals surface area contributed by atoms with E-state index >= 15 is 0 Å². The number of benzene rings is 1. The minimum atomic E-state index is 0.0457. The molecule has 2 rings (SSSR count). The van der Waals surface area contributed by atoms with Crippen LogP contribution in [0.15, 0.2) is 36.4 Å². The zero-order valence-corrected chi connectivity index (χ0v) is 14.7. The number of hydrogen-bond acceptors (Lipinski definition) is 4. The minimum absolute atomic E-state index is 0.0457. The Morgan fingerprint density at radius 1 is 1.17 bits per heavy atom. The van der Waals surface area contributed by atoms with Crippen LogP contribution in [0.1, 0.15) is 30.5 Å². The molecule has 1 aromatic heterocycles. The maximum absolute atomic E-state index is 12.0. The van der Waals surface area contributed by atoms with Crippen molar-refractivity contribution in [1.29, 1.82) is 0 Å². The van der Waals surface area contributed by atoms with Crippen molar-refractivity contribution in [2.75, 3.05) is 30.0 Å². The van der Waals surface area contributed by atoms with Gasteiger partial charge in [-0.05, 0) is 68.1 Å². The van der Waals surface area contributed by atoms with Crippen molar-refractivity contribution in [3.8, 4) is 0 Å². The lowest BCUT2D eigenvalue weighted by Crippen LogP contribution is -2.12. The lowest BCUT2D eigenvalue weighted by molar-refractivity contribution is -0.116. The Balaban J connectivity index is 1.73. The SMILES string of the molecule is Cc1cc(N)nc(CCCCC(=O)Nc2ccc(N(C)C)cc2)c1. The van der Waals surface area contributed by atoms with E-state index in [1.807, 2.05) is 62.3 Å². The monoisotopic (exact) mass is 326 g/mol. The van der Waals surface area contributed by atoms with Crippen LogP contribution in [0.5, 0.6) is 0 Å². The molecule has 0 fully saturated rings. The van der Waals surface area contributed by atoms with Gasteiger partial charge in [-0.25, -0.2) is 4.98 Å². The molecule has 1 amide bonds. The Labute approximate surface area is 143 Å². The summed E-state index contributed by atoms with van der Waals surface area (Å²) in [6.07, 6.45) is 3.10. The number of nitrogen functional groups attached to an aromatic ring is 1. The maximum Gasteiger partial charge on any atom is 0.224 e. The lowest BCUT2D eigenvalue weighted by atomic mass is 10.1. The lowest BCUT2D eigenvalue weighted by Gasteiger charge is -2.13. The molecule has 0 aliphatic heterocycles. The number of pyridine rings is 1. The molecule has 0 saturated heterocycles. The Morgan fingerprint density at radius 2 is 1.88 bits per heavy atom. The van der Waals surface area contributed by atoms with Crippen molar-refractivity contribution >= 4 is 23.1 Å². The normalized spacial score (nSPS) is 10.5. The number of rotatable bonds is 7. The number of anilines is 3. The van der Waals surface area contributed by atoms with Crippen LogP contribution < -0.4 is 16.0 Å². The van der Waals surface area contributed by atoms with Gasteiger partial charge in [0.2, 0.25) is 5.91 Å². The molecule has 0 spiro atoms. The summed E-state index contributed by atoms with van der Waals surface area (Å²) in [5, 5.41) is 2.93. The molecule has 1 aromatic carbocycles. The number of unbranched alkanes of at least 4 members (excludes halogenated alkanes) is 1. The van der Waals surface area contributed by atoms with Crippen LogP contribution in [-0.2, 0) is 11.2 Å². The first kappa shape index (κ1) is 17.8. The van der Waals surface area contributed by atoms with E-state index in [4.69, 9.17) is 5.73 Å². The third-order valence-corrected chi connectivity index (χ3v) is 3.80. The zero-order valence-electron chi connectivity index (χ0n) is 14.7. The molecule has 128 valence electrons. The van der Waals surface area contributed by atoms with Gasteiger partial charge in [-0.2, -0.15) is 0 Å². The molecule has 0 aliphatic rings. The molecule has 24 heavy (non-hydrogen) atoms. The van der Waals surface area contributed by atoms with Crippen LogP contribution in [0.3, 0.4) is 0 Å². The Kier molecular flexibility index (Phi) is 6.18. The number of nitrogens with two attached hydrogens (primary N) is 1. The van der Waals surface area contributed by atoms with Gasteiger partial charge in [-0.1, -0.05) is 0 Å². The number of amides is 1. The van der Waals surface area contributed by atoms with Crippen molar-refractivity contribution in [3.63, 3.8) is 0 Å². The fourth-order valence-electron chi connectivity index (χ4n) is 2.55. The maximum atomic E-state index is 12.0. The molecular weight excluding hydrogens is 300 g/mol. The molecule has 1 heterocycles. The van der Waals surface area contributed by atoms with Gasteiger partial charge in [-0.15, -0.1) is 0 Å². The second kappa shape index (κ2) is 8.34. The van der Waals surface area contributed by atoms with E-state index in [1.54, 1.807) is 0 Å². The summed E-state index contributed by atoms with van der Waals surface area (Å²) < 4.78 is 0. The van der Waals surface area contributed by atoms with Gasteiger partial charge in [0.25, 0.3) is 0 Å². The van der Waals surface area contributed by atoms with Crippen LogP contribution >= 0.6 is 0 Å². The van der Waals surface area contributed by atoms with Crippen molar-refractivity contribution in [3.05, 3.63) is 47.7 Å². The molecule has 3 N–H and O–H groups in total. The predicted molar refractivity (Wildman–Crippen MR) is 100 cm³/mol. The van der Waals surface area contributed by atoms with Crippen molar-refractivity contribution in [1.82, 2.24) is 4.98 Å². The van der Waals surface area contributed by atoms with Crippen LogP contribution in [0.4, 0.5) is 17.2 Å². The van der Waals surface area contributed by atoms with Crippen molar-refractivity contribution in [2.45, 2.75) is 32.6 Å². The van der Waals surface area contributed by atoms with Gasteiger partial charge >= 0.3 is 0 Å². The topological polar surface area (TPSA) is 71.2 Å². The van der Waals surface area contributed by atoms with Crippen LogP contribution in [-0.4, -0.2) is 25.0 Å². The second-order valence-corrected chi connectivity index (χ2v) is 6.26. The van der Waals surface area contributed by atoms with E-state index in [9.17, 15) is 4.79 Å². The van der Waals surface area contributed by atoms with E-state index in [-0.39, 0.29) is 5.91 Å². The highest BCUT2D eigenvalue weighted by atomic mass is 16.1. The number of aromatic nitrogens is 1. The third kappa shape index (κ3) is 5.57. The Morgan fingerprint density at radius 3 is 2.50 bits per heavy atom. The highest BCUT2D eigenvalue weighted by Gasteiger charge is 2.04. The van der Waals surface area contributed by atoms with Crippen LogP contribution in [0.2, 0.25) is 0 Å². The first-order valence-electron chi connectivity index (χ1n) is 8.24. The highest BCUT2D eigenvalue weighted by Crippen LogP contribution is 2.16. The van der Waals surface area contributed by atoms with Crippen LogP contribution in [0.25, 0.3) is 0 Å². The first-order valence-corrected chi connectivity index (χ1v) is 8.24. The summed E-state index contributed by atoms with van der Waals surface area (Å²) in [6.45, 7) is 2.01. The van der Waals surface area contributed by atoms with E-state index in [2.05, 4.69) is 10.3 Å². The minimum Gasteiger partial charge on any atom is -0.384 e. The smallest absolute Gasteiger partial charge is 0.224 e. The summed E-state index contributed by atoms with van der Waals surface area (Å²) in [6, 6.07) is 11.7. The summed E-state index contributed by atoms with van der Waals surface area (Å²) in [7, 11) is 3.98. The van der Waals surface area contributed by atoms with Gasteiger partial charge < -0.3 is 16.0 Å². The average Bonchev–Trinajstić information content (AvgIpc) is 2.51. The second-order valence-electron chi connectivity index (χ2n) is 6.26. The number of nitrogens with zero attached hydrogens (tertiary/aromatic N) is 2. The predicted octanol–water partition coefficient (Wildman–Crippen LogP) is 3.39. The van der Waals surface area contributed by atoms with Gasteiger partial charge in [0, 0.05) is 37.6 Å². The van der Waals surface area contributed by atoms with E-state index in [1.165, 1.54) is 0 Å². The average molecular weight is 326 g/mol. The molecule has 0 aliphatic carbocycles. The Bertz CT molecular complexity index is 660. The number of carbonyl (C=O) groups is 1. The summed E-state index contributed by atoms with van der Waals surface area (Å²) in [5.74, 6) is 0.605. The zero-order chi connectivity index (χ0) is 17.5. The van der Waals surface area contributed by atoms with Gasteiger partial charge in [0.15, 0.2) is 0 Å². The van der Waals surface area contributed by atoms with Gasteiger partial charge in [-0.3, -0.25) is 4.79 Å². The number of nitrogens with one attached hydrogen (secondary N) is 1. The van der Waals surface area contributed by atoms with E-state index in [0.29, 0.717) is 12.2 Å². The van der Waals surface area contributed by atoms with E-state index < -0.39 is 0 Å². The molecule has 2 aromatic rings. The number of carbonyl (C=O) groups excluding carboxylic acids is 1. The molecule has 5 nitrogen and oxygen atoms in total. The molecular formula is C19H26N4O. The number of aryl methyl sites for hydroxylation is 2. The molecule has 5 heteroatoms. The van der Waals surface area contributed by atoms with Crippen molar-refractivity contribution in [2.24, 2.45) is 0 Å². The molecule has 0 saturated carbocycles. The standard InChI is InChI=1S/C19H26N4O/c1-14-12-16(21-18(20)13-14)6-4-5-7-19(24)22-15-8-10-17(11-9-15)23(2)3/h8-13H,4-7H2,1-3H3,(H2,20,21)(H,22,24). The molecule has 0 atom stereocenters. The fraction of sp³-hybridized carbons (Fsp3) is 0.368. The number of hydrogen-bond donors (Lipinski definition) is 2. The van der Waals surface area contributed by atoms with Crippen molar-refractivity contribution < 1.29 is 4.79 Å². The molecule has 0 radical (unpaired) electrons. The third-order valence-electron chi connectivity index (χ3n) is 3.80. The van der Waals surface area contributed by atoms with Gasteiger partial charge in [0.1, 0.15) is 5.82 Å². The molecule has 0 unspecified atom stereocenters. The van der Waals surface area contributed by atoms with Crippen LogP contribution in [0, 0.1) is 6.92 Å².